The molecule has 0 aromatic heterocycles. The number of rotatable bonds is 2. The quantitative estimate of drug-likeness (QED) is 0.636. The van der Waals surface area contributed by atoms with Crippen molar-refractivity contribution in [2.24, 2.45) is 11.8 Å². The molecule has 0 amide bonds. The third-order valence-corrected chi connectivity index (χ3v) is 3.79. The highest BCUT2D eigenvalue weighted by molar-refractivity contribution is 7.99. The van der Waals surface area contributed by atoms with Gasteiger partial charge in [0.25, 0.3) is 0 Å². The molecule has 2 atom stereocenters. The molecule has 1 heterocycles. The lowest BCUT2D eigenvalue weighted by Gasteiger charge is -2.30. The van der Waals surface area contributed by atoms with Crippen LogP contribution in [-0.2, 0) is 4.74 Å². The van der Waals surface area contributed by atoms with E-state index in [9.17, 15) is 0 Å². The molecule has 0 N–H and O–H groups in total. The highest BCUT2D eigenvalue weighted by Crippen LogP contribution is 2.29. The minimum Gasteiger partial charge on any atom is -0.367 e. The highest BCUT2D eigenvalue weighted by atomic mass is 32.2. The van der Waals surface area contributed by atoms with Crippen LogP contribution < -0.4 is 0 Å². The van der Waals surface area contributed by atoms with Gasteiger partial charge < -0.3 is 4.74 Å². The highest BCUT2D eigenvalue weighted by Gasteiger charge is 2.22. The fourth-order valence-electron chi connectivity index (χ4n) is 1.18. The van der Waals surface area contributed by atoms with E-state index in [1.54, 1.807) is 0 Å². The summed E-state index contributed by atoms with van der Waals surface area (Å²) >= 11 is 1.98. The van der Waals surface area contributed by atoms with E-state index in [1.165, 1.54) is 12.2 Å². The number of thioether (sulfide) groups is 1. The van der Waals surface area contributed by atoms with Gasteiger partial charge in [0.15, 0.2) is 0 Å². The number of hydrogen-bond donors (Lipinski definition) is 0. The minimum atomic E-state index is 0.456. The van der Waals surface area contributed by atoms with Gasteiger partial charge in [0.2, 0.25) is 0 Å². The Morgan fingerprint density at radius 3 is 2.64 bits per heavy atom. The lowest BCUT2D eigenvalue weighted by molar-refractivity contribution is 0.0512. The molecule has 0 saturated carbocycles. The van der Waals surface area contributed by atoms with Gasteiger partial charge >= 0.3 is 0 Å². The predicted octanol–water partition coefficient (Wildman–Crippen LogP) is 2.76. The van der Waals surface area contributed by atoms with E-state index in [1.807, 2.05) is 11.8 Å². The fourth-order valence-corrected chi connectivity index (χ4v) is 2.53. The second kappa shape index (κ2) is 4.36. The van der Waals surface area contributed by atoms with Crippen molar-refractivity contribution < 1.29 is 4.74 Å². The molecule has 2 unspecified atom stereocenters. The molecule has 1 aliphatic heterocycles. The second-order valence-corrected chi connectivity index (χ2v) is 4.68. The molecule has 2 heteroatoms. The van der Waals surface area contributed by atoms with Crippen molar-refractivity contribution in [3.63, 3.8) is 0 Å². The zero-order valence-electron chi connectivity index (χ0n) is 7.67. The van der Waals surface area contributed by atoms with E-state index < -0.39 is 0 Å². The standard InChI is InChI=1S/C9H18OS/c1-4-8-5-10-9(7(2)3)11-6-8/h7-9H,4-6H2,1-3H3. The average molecular weight is 174 g/mol. The molecule has 1 nitrogen and oxygen atoms in total. The Labute approximate surface area is 73.9 Å². The first-order chi connectivity index (χ1) is 5.24. The van der Waals surface area contributed by atoms with Crippen LogP contribution in [0.1, 0.15) is 27.2 Å². The van der Waals surface area contributed by atoms with Gasteiger partial charge in [0, 0.05) is 5.75 Å². The Kier molecular flexibility index (Phi) is 3.73. The van der Waals surface area contributed by atoms with E-state index in [0.717, 1.165) is 12.5 Å². The monoisotopic (exact) mass is 174 g/mol. The van der Waals surface area contributed by atoms with Crippen molar-refractivity contribution in [1.29, 1.82) is 0 Å². The van der Waals surface area contributed by atoms with E-state index in [0.29, 0.717) is 11.4 Å². The van der Waals surface area contributed by atoms with Crippen molar-refractivity contribution in [3.8, 4) is 0 Å². The van der Waals surface area contributed by atoms with Crippen LogP contribution in [0.25, 0.3) is 0 Å². The van der Waals surface area contributed by atoms with E-state index in [4.69, 9.17) is 4.74 Å². The Balaban J connectivity index is 2.24. The van der Waals surface area contributed by atoms with Gasteiger partial charge in [0.05, 0.1) is 6.61 Å². The molecule has 1 fully saturated rings. The zero-order valence-corrected chi connectivity index (χ0v) is 8.49. The Bertz CT molecular complexity index is 106. The maximum Gasteiger partial charge on any atom is 0.105 e. The largest absolute Gasteiger partial charge is 0.367 e. The van der Waals surface area contributed by atoms with Gasteiger partial charge in [-0.1, -0.05) is 27.2 Å². The van der Waals surface area contributed by atoms with Gasteiger partial charge in [-0.25, -0.2) is 0 Å². The maximum absolute atomic E-state index is 5.71. The van der Waals surface area contributed by atoms with E-state index in [2.05, 4.69) is 20.8 Å². The number of ether oxygens (including phenoxy) is 1. The SMILES string of the molecule is CCC1COC(C(C)C)SC1. The predicted molar refractivity (Wildman–Crippen MR) is 50.8 cm³/mol. The van der Waals surface area contributed by atoms with Gasteiger partial charge in [-0.15, -0.1) is 11.8 Å². The molecule has 1 aliphatic rings. The summed E-state index contributed by atoms with van der Waals surface area (Å²) in [6.07, 6.45) is 1.26. The molecule has 0 spiro atoms. The normalized spacial score (nSPS) is 32.7. The summed E-state index contributed by atoms with van der Waals surface area (Å²) in [7, 11) is 0. The van der Waals surface area contributed by atoms with E-state index in [-0.39, 0.29) is 0 Å². The van der Waals surface area contributed by atoms with E-state index >= 15 is 0 Å². The van der Waals surface area contributed by atoms with Crippen molar-refractivity contribution >= 4 is 11.8 Å². The second-order valence-electron chi connectivity index (χ2n) is 3.55. The molecule has 1 rings (SSSR count). The van der Waals surface area contributed by atoms with Crippen LogP contribution in [-0.4, -0.2) is 17.8 Å². The lowest BCUT2D eigenvalue weighted by atomic mass is 10.1. The van der Waals surface area contributed by atoms with Crippen LogP contribution in [0.3, 0.4) is 0 Å². The first kappa shape index (κ1) is 9.40. The molecular weight excluding hydrogens is 156 g/mol. The third-order valence-electron chi connectivity index (χ3n) is 2.11. The van der Waals surface area contributed by atoms with Crippen LogP contribution in [0, 0.1) is 11.8 Å². The molecule has 0 aromatic rings. The smallest absolute Gasteiger partial charge is 0.105 e. The molecule has 66 valence electrons. The zero-order chi connectivity index (χ0) is 8.27. The third kappa shape index (κ3) is 2.68. The Morgan fingerprint density at radius 2 is 2.27 bits per heavy atom. The topological polar surface area (TPSA) is 9.23 Å². The summed E-state index contributed by atoms with van der Waals surface area (Å²) in [5, 5.41) is 0. The lowest BCUT2D eigenvalue weighted by Crippen LogP contribution is -2.27. The molecule has 1 saturated heterocycles. The fraction of sp³-hybridized carbons (Fsp3) is 1.00. The Hall–Kier alpha value is 0.310. The molecular formula is C9H18OS. The first-order valence-corrected chi connectivity index (χ1v) is 5.52. The first-order valence-electron chi connectivity index (χ1n) is 4.47. The number of hydrogen-bond acceptors (Lipinski definition) is 2. The van der Waals surface area contributed by atoms with Crippen LogP contribution in [0.15, 0.2) is 0 Å². The molecule has 0 bridgehead atoms. The van der Waals surface area contributed by atoms with Crippen LogP contribution in [0.4, 0.5) is 0 Å². The summed E-state index contributed by atoms with van der Waals surface area (Å²) in [4.78, 5) is 0. The summed E-state index contributed by atoms with van der Waals surface area (Å²) < 4.78 is 5.71. The van der Waals surface area contributed by atoms with Gasteiger partial charge in [-0.3, -0.25) is 0 Å². The maximum atomic E-state index is 5.71. The average Bonchev–Trinajstić information content (AvgIpc) is 2.05. The van der Waals surface area contributed by atoms with Gasteiger partial charge in [0.1, 0.15) is 5.44 Å². The molecule has 0 radical (unpaired) electrons. The van der Waals surface area contributed by atoms with Crippen LogP contribution >= 0.6 is 11.8 Å². The summed E-state index contributed by atoms with van der Waals surface area (Å²) in [5.74, 6) is 2.76. The summed E-state index contributed by atoms with van der Waals surface area (Å²) in [5.41, 5.74) is 0.456. The summed E-state index contributed by atoms with van der Waals surface area (Å²) in [6.45, 7) is 7.67. The molecule has 0 aromatic carbocycles. The molecule has 11 heavy (non-hydrogen) atoms. The Morgan fingerprint density at radius 1 is 1.55 bits per heavy atom. The molecule has 0 aliphatic carbocycles. The van der Waals surface area contributed by atoms with Crippen molar-refractivity contribution in [2.45, 2.75) is 32.6 Å². The van der Waals surface area contributed by atoms with Crippen LogP contribution in [0.2, 0.25) is 0 Å². The van der Waals surface area contributed by atoms with Crippen molar-refractivity contribution in [2.75, 3.05) is 12.4 Å². The minimum absolute atomic E-state index is 0.456. The van der Waals surface area contributed by atoms with Crippen molar-refractivity contribution in [1.82, 2.24) is 0 Å². The summed E-state index contributed by atoms with van der Waals surface area (Å²) in [6, 6.07) is 0. The van der Waals surface area contributed by atoms with Crippen molar-refractivity contribution in [3.05, 3.63) is 0 Å². The van der Waals surface area contributed by atoms with Gasteiger partial charge in [-0.2, -0.15) is 0 Å². The van der Waals surface area contributed by atoms with Crippen LogP contribution in [0.5, 0.6) is 0 Å². The van der Waals surface area contributed by atoms with Gasteiger partial charge in [-0.05, 0) is 11.8 Å².